The Balaban J connectivity index is 1.55. The Kier molecular flexibility index (Phi) is 5.80. The van der Waals surface area contributed by atoms with E-state index in [1.807, 2.05) is 43.1 Å². The Labute approximate surface area is 223 Å². The fourth-order valence-electron chi connectivity index (χ4n) is 4.93. The van der Waals surface area contributed by atoms with Gasteiger partial charge in [-0.2, -0.15) is 0 Å². The van der Waals surface area contributed by atoms with Crippen molar-refractivity contribution in [1.82, 2.24) is 4.98 Å². The monoisotopic (exact) mass is 527 g/mol. The molecule has 38 heavy (non-hydrogen) atoms. The number of hydrogen-bond donors (Lipinski definition) is 1. The van der Waals surface area contributed by atoms with Crippen LogP contribution in [0.3, 0.4) is 0 Å². The summed E-state index contributed by atoms with van der Waals surface area (Å²) >= 11 is 1.33. The van der Waals surface area contributed by atoms with Crippen molar-refractivity contribution in [3.63, 3.8) is 0 Å². The smallest absolute Gasteiger partial charge is 0.301 e. The van der Waals surface area contributed by atoms with Gasteiger partial charge in [-0.3, -0.25) is 14.5 Å². The molecule has 0 bridgehead atoms. The number of aliphatic hydroxyl groups is 1. The van der Waals surface area contributed by atoms with Gasteiger partial charge in [0.05, 0.1) is 41.2 Å². The highest BCUT2D eigenvalue weighted by molar-refractivity contribution is 7.22. The van der Waals surface area contributed by atoms with Crippen LogP contribution in [-0.2, 0) is 9.59 Å². The molecule has 0 aliphatic carbocycles. The van der Waals surface area contributed by atoms with E-state index in [2.05, 4.69) is 4.98 Å². The minimum Gasteiger partial charge on any atom is -0.507 e. The molecule has 1 aromatic heterocycles. The number of fused-ring (bicyclic) bond motifs is 2. The Morgan fingerprint density at radius 2 is 1.97 bits per heavy atom. The number of aryl methyl sites for hydroxylation is 1. The maximum Gasteiger partial charge on any atom is 0.301 e. The molecule has 1 amide bonds. The van der Waals surface area contributed by atoms with Gasteiger partial charge in [-0.05, 0) is 60.5 Å². The molecule has 0 radical (unpaired) electrons. The molecule has 1 atom stereocenters. The number of ether oxygens (including phenoxy) is 2. The van der Waals surface area contributed by atoms with Gasteiger partial charge in [0.15, 0.2) is 5.13 Å². The topological polar surface area (TPSA) is 92.2 Å². The highest BCUT2D eigenvalue weighted by Crippen LogP contribution is 2.45. The summed E-state index contributed by atoms with van der Waals surface area (Å²) in [6.07, 6.45) is 0. The number of carbonyl (C=O) groups is 2. The van der Waals surface area contributed by atoms with Crippen molar-refractivity contribution in [1.29, 1.82) is 0 Å². The lowest BCUT2D eigenvalue weighted by atomic mass is 9.95. The summed E-state index contributed by atoms with van der Waals surface area (Å²) in [5.74, 6) is -0.496. The Bertz CT molecular complexity index is 1640. The number of rotatable bonds is 4. The van der Waals surface area contributed by atoms with Crippen molar-refractivity contribution in [2.24, 2.45) is 0 Å². The van der Waals surface area contributed by atoms with Crippen LogP contribution in [0, 0.1) is 6.92 Å². The van der Waals surface area contributed by atoms with Gasteiger partial charge in [-0.25, -0.2) is 4.98 Å². The number of benzene rings is 3. The summed E-state index contributed by atoms with van der Waals surface area (Å²) in [5.41, 5.74) is 3.65. The predicted molar refractivity (Wildman–Crippen MR) is 147 cm³/mol. The molecule has 192 valence electrons. The summed E-state index contributed by atoms with van der Waals surface area (Å²) in [5, 5.41) is 12.0. The van der Waals surface area contributed by atoms with Crippen LogP contribution in [0.4, 0.5) is 10.8 Å². The largest absolute Gasteiger partial charge is 0.507 e. The van der Waals surface area contributed by atoms with Crippen molar-refractivity contribution >= 4 is 49.8 Å². The van der Waals surface area contributed by atoms with Gasteiger partial charge in [-0.1, -0.05) is 29.5 Å². The predicted octanol–water partition coefficient (Wildman–Crippen LogP) is 5.07. The summed E-state index contributed by atoms with van der Waals surface area (Å²) in [7, 11) is 3.49. The van der Waals surface area contributed by atoms with E-state index < -0.39 is 17.7 Å². The fourth-order valence-corrected chi connectivity index (χ4v) is 6.02. The zero-order chi connectivity index (χ0) is 26.6. The van der Waals surface area contributed by atoms with E-state index in [9.17, 15) is 14.7 Å². The van der Waals surface area contributed by atoms with Crippen LogP contribution >= 0.6 is 11.3 Å². The van der Waals surface area contributed by atoms with Crippen molar-refractivity contribution in [3.05, 3.63) is 82.9 Å². The van der Waals surface area contributed by atoms with E-state index in [1.54, 1.807) is 43.5 Å². The zero-order valence-corrected chi connectivity index (χ0v) is 21.9. The standard InChI is InChI=1S/C29H25N3O5S/c1-16-7-9-20-23(13-16)38-29(30-20)32-25(17-5-4-6-19(14-17)36-3)24(27(34)28(32)35)26(33)18-8-10-22-21(15-18)31(2)11-12-37-22/h4-10,13-15,25,33H,11-12H2,1-3H3/b26-24+. The number of aliphatic hydroxyl groups excluding tert-OH is 1. The molecule has 8 nitrogen and oxygen atoms in total. The van der Waals surface area contributed by atoms with Crippen molar-refractivity contribution in [3.8, 4) is 11.5 Å². The van der Waals surface area contributed by atoms with E-state index in [1.165, 1.54) is 16.2 Å². The molecule has 1 N–H and O–H groups in total. The third-order valence-electron chi connectivity index (χ3n) is 6.92. The maximum atomic E-state index is 13.6. The molecular weight excluding hydrogens is 502 g/mol. The lowest BCUT2D eigenvalue weighted by Crippen LogP contribution is -2.29. The number of ketones is 1. The molecule has 9 heteroatoms. The van der Waals surface area contributed by atoms with Gasteiger partial charge in [0, 0.05) is 12.6 Å². The first-order valence-corrected chi connectivity index (χ1v) is 13.0. The molecule has 0 spiro atoms. The average Bonchev–Trinajstić information content (AvgIpc) is 3.45. The molecule has 4 aromatic rings. The number of likely N-dealkylation sites (N-methyl/N-ethyl adjacent to an activating group) is 1. The fraction of sp³-hybridized carbons (Fsp3) is 0.207. The number of hydrogen-bond acceptors (Lipinski definition) is 8. The van der Waals surface area contributed by atoms with E-state index in [0.717, 1.165) is 21.5 Å². The lowest BCUT2D eigenvalue weighted by Gasteiger charge is -2.28. The van der Waals surface area contributed by atoms with Gasteiger partial charge in [-0.15, -0.1) is 0 Å². The van der Waals surface area contributed by atoms with E-state index in [0.29, 0.717) is 40.9 Å². The van der Waals surface area contributed by atoms with Crippen LogP contribution in [0.5, 0.6) is 11.5 Å². The highest BCUT2D eigenvalue weighted by Gasteiger charge is 2.48. The Morgan fingerprint density at radius 3 is 2.79 bits per heavy atom. The zero-order valence-electron chi connectivity index (χ0n) is 21.1. The van der Waals surface area contributed by atoms with Gasteiger partial charge < -0.3 is 19.5 Å². The number of anilines is 2. The number of carbonyl (C=O) groups excluding carboxylic acids is 2. The van der Waals surface area contributed by atoms with E-state index in [4.69, 9.17) is 9.47 Å². The van der Waals surface area contributed by atoms with Crippen LogP contribution in [0.25, 0.3) is 16.0 Å². The van der Waals surface area contributed by atoms with Gasteiger partial charge >= 0.3 is 5.91 Å². The number of aromatic nitrogens is 1. The Morgan fingerprint density at radius 1 is 1.13 bits per heavy atom. The van der Waals surface area contributed by atoms with Crippen LogP contribution in [-0.4, -0.2) is 49.1 Å². The minimum atomic E-state index is -0.892. The number of methoxy groups -OCH3 is 1. The molecule has 0 saturated carbocycles. The van der Waals surface area contributed by atoms with Crippen LogP contribution < -0.4 is 19.3 Å². The molecule has 2 aliphatic rings. The van der Waals surface area contributed by atoms with Crippen molar-refractivity contribution in [2.45, 2.75) is 13.0 Å². The van der Waals surface area contributed by atoms with Crippen molar-refractivity contribution < 1.29 is 24.2 Å². The maximum absolute atomic E-state index is 13.6. The molecule has 2 aliphatic heterocycles. The first-order chi connectivity index (χ1) is 18.4. The molecule has 3 aromatic carbocycles. The number of nitrogens with zero attached hydrogens (tertiary/aromatic N) is 3. The summed E-state index contributed by atoms with van der Waals surface area (Å²) in [6.45, 7) is 3.25. The Hall–Kier alpha value is -4.37. The lowest BCUT2D eigenvalue weighted by molar-refractivity contribution is -0.132. The first-order valence-electron chi connectivity index (χ1n) is 12.2. The second kappa shape index (κ2) is 9.18. The third-order valence-corrected chi connectivity index (χ3v) is 7.94. The summed E-state index contributed by atoms with van der Waals surface area (Å²) in [4.78, 5) is 35.2. The van der Waals surface area contributed by atoms with E-state index in [-0.39, 0.29) is 11.3 Å². The second-order valence-electron chi connectivity index (χ2n) is 9.37. The molecule has 1 saturated heterocycles. The van der Waals surface area contributed by atoms with Gasteiger partial charge in [0.1, 0.15) is 23.9 Å². The molecule has 1 fully saturated rings. The van der Waals surface area contributed by atoms with Crippen LogP contribution in [0.15, 0.2) is 66.2 Å². The SMILES string of the molecule is COc1cccc(C2/C(=C(\O)c3ccc4c(c3)N(C)CCO4)C(=O)C(=O)N2c2nc3ccc(C)cc3s2)c1. The second-order valence-corrected chi connectivity index (χ2v) is 10.4. The van der Waals surface area contributed by atoms with Gasteiger partial charge in [0.2, 0.25) is 0 Å². The average molecular weight is 528 g/mol. The minimum absolute atomic E-state index is 0.00183. The van der Waals surface area contributed by atoms with Crippen LogP contribution in [0.2, 0.25) is 0 Å². The van der Waals surface area contributed by atoms with Crippen LogP contribution in [0.1, 0.15) is 22.7 Å². The number of Topliss-reactive ketones (excluding diaryl/α,β-unsaturated/α-hetero) is 1. The normalized spacial score (nSPS) is 18.6. The first kappa shape index (κ1) is 24.0. The summed E-state index contributed by atoms with van der Waals surface area (Å²) in [6, 6.07) is 17.4. The van der Waals surface area contributed by atoms with Gasteiger partial charge in [0.25, 0.3) is 5.78 Å². The molecule has 3 heterocycles. The third kappa shape index (κ3) is 3.86. The molecule has 6 rings (SSSR count). The summed E-state index contributed by atoms with van der Waals surface area (Å²) < 4.78 is 12.1. The number of thiazole rings is 1. The highest BCUT2D eigenvalue weighted by atomic mass is 32.1. The number of amides is 1. The molecular formula is C29H25N3O5S. The van der Waals surface area contributed by atoms with E-state index >= 15 is 0 Å². The molecule has 1 unspecified atom stereocenters. The quantitative estimate of drug-likeness (QED) is 0.225. The van der Waals surface area contributed by atoms with Crippen molar-refractivity contribution in [2.75, 3.05) is 37.1 Å².